The SMILES string of the molecule is [CH2]C(C)N1C=NCC1. The minimum Gasteiger partial charge on any atom is -0.358 e. The molecule has 45 valence electrons. The molecule has 0 N–H and O–H groups in total. The highest BCUT2D eigenvalue weighted by Crippen LogP contribution is 1.97. The van der Waals surface area contributed by atoms with Crippen molar-refractivity contribution in [1.29, 1.82) is 0 Å². The van der Waals surface area contributed by atoms with Crippen molar-refractivity contribution in [1.82, 2.24) is 4.90 Å². The minimum atomic E-state index is 0.376. The fourth-order valence-electron chi connectivity index (χ4n) is 0.728. The summed E-state index contributed by atoms with van der Waals surface area (Å²) in [6.45, 7) is 7.91. The predicted molar refractivity (Wildman–Crippen MR) is 34.9 cm³/mol. The number of aliphatic imine (C=N–C) groups is 1. The molecule has 0 spiro atoms. The Bertz CT molecular complexity index is 96.7. The molecule has 0 aliphatic carbocycles. The van der Waals surface area contributed by atoms with Gasteiger partial charge in [0.25, 0.3) is 0 Å². The van der Waals surface area contributed by atoms with Crippen LogP contribution in [0.5, 0.6) is 0 Å². The van der Waals surface area contributed by atoms with Crippen LogP contribution in [0.1, 0.15) is 6.92 Å². The van der Waals surface area contributed by atoms with Crippen LogP contribution in [-0.2, 0) is 0 Å². The van der Waals surface area contributed by atoms with Crippen molar-refractivity contribution in [3.8, 4) is 0 Å². The van der Waals surface area contributed by atoms with Crippen molar-refractivity contribution in [2.45, 2.75) is 13.0 Å². The Hall–Kier alpha value is -0.530. The predicted octanol–water partition coefficient (Wildman–Crippen LogP) is 0.553. The molecule has 0 aromatic heterocycles. The van der Waals surface area contributed by atoms with Crippen molar-refractivity contribution in [2.24, 2.45) is 4.99 Å². The van der Waals surface area contributed by atoms with Gasteiger partial charge in [0, 0.05) is 12.6 Å². The highest BCUT2D eigenvalue weighted by Gasteiger charge is 2.07. The molecule has 1 radical (unpaired) electrons. The summed E-state index contributed by atoms with van der Waals surface area (Å²) in [6.07, 6.45) is 1.87. The topological polar surface area (TPSA) is 15.6 Å². The van der Waals surface area contributed by atoms with E-state index < -0.39 is 0 Å². The van der Waals surface area contributed by atoms with Crippen molar-refractivity contribution in [2.75, 3.05) is 13.1 Å². The molecule has 8 heavy (non-hydrogen) atoms. The van der Waals surface area contributed by atoms with Gasteiger partial charge < -0.3 is 4.90 Å². The first-order valence-corrected chi connectivity index (χ1v) is 2.89. The summed E-state index contributed by atoms with van der Waals surface area (Å²) >= 11 is 0. The maximum absolute atomic E-state index is 4.05. The van der Waals surface area contributed by atoms with E-state index in [0.29, 0.717) is 6.04 Å². The standard InChI is InChI=1S/C6H11N2/c1-6(2)8-4-3-7-5-8/h5-6H,1,3-4H2,2H3. The van der Waals surface area contributed by atoms with E-state index in [1.807, 2.05) is 6.34 Å². The van der Waals surface area contributed by atoms with E-state index in [4.69, 9.17) is 0 Å². The van der Waals surface area contributed by atoms with Crippen LogP contribution in [0.25, 0.3) is 0 Å². The molecule has 0 aromatic carbocycles. The van der Waals surface area contributed by atoms with Crippen molar-refractivity contribution >= 4 is 6.34 Å². The third kappa shape index (κ3) is 0.997. The molecule has 1 aliphatic rings. The molecule has 0 saturated heterocycles. The highest BCUT2D eigenvalue weighted by atomic mass is 15.2. The molecule has 2 heteroatoms. The van der Waals surface area contributed by atoms with Gasteiger partial charge >= 0.3 is 0 Å². The largest absolute Gasteiger partial charge is 0.358 e. The zero-order chi connectivity index (χ0) is 5.98. The van der Waals surface area contributed by atoms with E-state index in [0.717, 1.165) is 13.1 Å². The van der Waals surface area contributed by atoms with Gasteiger partial charge in [0.05, 0.1) is 12.9 Å². The summed E-state index contributed by atoms with van der Waals surface area (Å²) in [6, 6.07) is 0.376. The lowest BCUT2D eigenvalue weighted by Crippen LogP contribution is -2.27. The zero-order valence-corrected chi connectivity index (χ0v) is 5.17. The van der Waals surface area contributed by atoms with E-state index in [1.165, 1.54) is 0 Å². The van der Waals surface area contributed by atoms with E-state index in [1.54, 1.807) is 0 Å². The summed E-state index contributed by atoms with van der Waals surface area (Å²) < 4.78 is 0. The Morgan fingerprint density at radius 2 is 2.62 bits per heavy atom. The molecule has 0 aromatic rings. The van der Waals surface area contributed by atoms with Gasteiger partial charge in [-0.1, -0.05) is 0 Å². The van der Waals surface area contributed by atoms with Crippen molar-refractivity contribution in [3.05, 3.63) is 6.92 Å². The molecule has 0 bridgehead atoms. The van der Waals surface area contributed by atoms with E-state index in [-0.39, 0.29) is 0 Å². The second-order valence-corrected chi connectivity index (χ2v) is 2.11. The molecule has 1 rings (SSSR count). The number of hydrogen-bond donors (Lipinski definition) is 0. The Kier molecular flexibility index (Phi) is 1.51. The van der Waals surface area contributed by atoms with Gasteiger partial charge in [-0.2, -0.15) is 0 Å². The first-order valence-electron chi connectivity index (χ1n) is 2.89. The molecule has 0 saturated carbocycles. The second kappa shape index (κ2) is 2.16. The summed E-state index contributed by atoms with van der Waals surface area (Å²) in [5, 5.41) is 0. The highest BCUT2D eigenvalue weighted by molar-refractivity contribution is 5.57. The number of nitrogens with zero attached hydrogens (tertiary/aromatic N) is 2. The average molecular weight is 111 g/mol. The molecule has 0 fully saturated rings. The molecule has 1 aliphatic heterocycles. The van der Waals surface area contributed by atoms with Crippen LogP contribution in [0.3, 0.4) is 0 Å². The summed E-state index contributed by atoms with van der Waals surface area (Å²) in [5.74, 6) is 0. The van der Waals surface area contributed by atoms with Crippen LogP contribution in [0.15, 0.2) is 4.99 Å². The molecule has 1 heterocycles. The van der Waals surface area contributed by atoms with E-state index in [2.05, 4.69) is 23.7 Å². The smallest absolute Gasteiger partial charge is 0.0853 e. The molecule has 0 amide bonds. The molecule has 2 nitrogen and oxygen atoms in total. The second-order valence-electron chi connectivity index (χ2n) is 2.11. The molecule has 1 atom stereocenters. The van der Waals surface area contributed by atoms with Gasteiger partial charge in [0.1, 0.15) is 0 Å². The van der Waals surface area contributed by atoms with Crippen molar-refractivity contribution in [3.63, 3.8) is 0 Å². The van der Waals surface area contributed by atoms with Crippen LogP contribution in [-0.4, -0.2) is 30.4 Å². The number of hydrogen-bond acceptors (Lipinski definition) is 2. The normalized spacial score (nSPS) is 18.6. The van der Waals surface area contributed by atoms with Gasteiger partial charge in [-0.05, 0) is 13.8 Å². The molecule has 1 unspecified atom stereocenters. The fraction of sp³-hybridized carbons (Fsp3) is 0.667. The third-order valence-corrected chi connectivity index (χ3v) is 1.28. The van der Waals surface area contributed by atoms with Gasteiger partial charge in [-0.3, -0.25) is 4.99 Å². The first-order chi connectivity index (χ1) is 3.80. The quantitative estimate of drug-likeness (QED) is 0.482. The third-order valence-electron chi connectivity index (χ3n) is 1.28. The Morgan fingerprint density at radius 3 is 2.88 bits per heavy atom. The monoisotopic (exact) mass is 111 g/mol. The van der Waals surface area contributed by atoms with E-state index >= 15 is 0 Å². The van der Waals surface area contributed by atoms with Crippen LogP contribution in [0.4, 0.5) is 0 Å². The van der Waals surface area contributed by atoms with E-state index in [9.17, 15) is 0 Å². The zero-order valence-electron chi connectivity index (χ0n) is 5.17. The first kappa shape index (κ1) is 5.60. The maximum atomic E-state index is 4.05. The molecular formula is C6H11N2. The Morgan fingerprint density at radius 1 is 1.88 bits per heavy atom. The van der Waals surface area contributed by atoms with Crippen LogP contribution >= 0.6 is 0 Å². The van der Waals surface area contributed by atoms with Gasteiger partial charge in [-0.25, -0.2) is 0 Å². The maximum Gasteiger partial charge on any atom is 0.0853 e. The van der Waals surface area contributed by atoms with Crippen molar-refractivity contribution < 1.29 is 0 Å². The Balaban J connectivity index is 2.36. The summed E-state index contributed by atoms with van der Waals surface area (Å²) in [5.41, 5.74) is 0. The van der Waals surface area contributed by atoms with Gasteiger partial charge in [0.15, 0.2) is 0 Å². The lowest BCUT2D eigenvalue weighted by Gasteiger charge is -2.17. The van der Waals surface area contributed by atoms with Crippen LogP contribution < -0.4 is 0 Å². The number of rotatable bonds is 1. The lowest BCUT2D eigenvalue weighted by atomic mass is 10.3. The van der Waals surface area contributed by atoms with Crippen LogP contribution in [0.2, 0.25) is 0 Å². The average Bonchev–Trinajstić information content (AvgIpc) is 2.12. The molecular weight excluding hydrogens is 100 g/mol. The minimum absolute atomic E-state index is 0.376. The van der Waals surface area contributed by atoms with Crippen LogP contribution in [0, 0.1) is 6.92 Å². The summed E-state index contributed by atoms with van der Waals surface area (Å²) in [4.78, 5) is 6.17. The lowest BCUT2D eigenvalue weighted by molar-refractivity contribution is 0.419. The van der Waals surface area contributed by atoms with Gasteiger partial charge in [-0.15, -0.1) is 0 Å². The summed E-state index contributed by atoms with van der Waals surface area (Å²) in [7, 11) is 0. The Labute approximate surface area is 50.2 Å². The van der Waals surface area contributed by atoms with Gasteiger partial charge in [0.2, 0.25) is 0 Å². The fourth-order valence-corrected chi connectivity index (χ4v) is 0.728.